The third-order valence-electron chi connectivity index (χ3n) is 4.94. The predicted molar refractivity (Wildman–Crippen MR) is 111 cm³/mol. The SMILES string of the molecule is CC(C)c1ccc(C(C)C)c(S(=O)(=O)NC(Cc2ccccc2)C(O)C(F)(F)F)c1. The molecule has 166 valence electrons. The van der Waals surface area contributed by atoms with Crippen molar-refractivity contribution in [2.45, 2.75) is 69.2 Å². The van der Waals surface area contributed by atoms with Gasteiger partial charge in [-0.15, -0.1) is 0 Å². The number of rotatable bonds is 8. The van der Waals surface area contributed by atoms with Gasteiger partial charge in [0.05, 0.1) is 10.9 Å². The Morgan fingerprint density at radius 3 is 2.07 bits per heavy atom. The number of hydrogen-bond donors (Lipinski definition) is 2. The van der Waals surface area contributed by atoms with Gasteiger partial charge in [0.2, 0.25) is 10.0 Å². The lowest BCUT2D eigenvalue weighted by Crippen LogP contribution is -2.51. The van der Waals surface area contributed by atoms with E-state index in [4.69, 9.17) is 0 Å². The van der Waals surface area contributed by atoms with Crippen LogP contribution in [0.25, 0.3) is 0 Å². The summed E-state index contributed by atoms with van der Waals surface area (Å²) in [6, 6.07) is 11.4. The van der Waals surface area contributed by atoms with E-state index in [1.807, 2.05) is 33.8 Å². The second kappa shape index (κ2) is 9.49. The van der Waals surface area contributed by atoms with Crippen molar-refractivity contribution in [1.29, 1.82) is 0 Å². The minimum atomic E-state index is -4.97. The van der Waals surface area contributed by atoms with Crippen LogP contribution in [0.1, 0.15) is 56.2 Å². The number of halogens is 3. The van der Waals surface area contributed by atoms with E-state index in [1.165, 1.54) is 6.07 Å². The predicted octanol–water partition coefficient (Wildman–Crippen LogP) is 4.75. The van der Waals surface area contributed by atoms with E-state index in [-0.39, 0.29) is 23.2 Å². The Morgan fingerprint density at radius 1 is 0.967 bits per heavy atom. The Morgan fingerprint density at radius 2 is 1.57 bits per heavy atom. The summed E-state index contributed by atoms with van der Waals surface area (Å²) >= 11 is 0. The molecular formula is C22H28F3NO3S. The molecule has 2 atom stereocenters. The van der Waals surface area contributed by atoms with Gasteiger partial charge >= 0.3 is 6.18 Å². The molecule has 0 aliphatic carbocycles. The van der Waals surface area contributed by atoms with Crippen LogP contribution in [-0.2, 0) is 16.4 Å². The van der Waals surface area contributed by atoms with Gasteiger partial charge < -0.3 is 5.11 Å². The average Bonchev–Trinajstić information content (AvgIpc) is 2.66. The monoisotopic (exact) mass is 443 g/mol. The zero-order valence-electron chi connectivity index (χ0n) is 17.4. The lowest BCUT2D eigenvalue weighted by molar-refractivity contribution is -0.210. The van der Waals surface area contributed by atoms with Crippen molar-refractivity contribution < 1.29 is 26.7 Å². The van der Waals surface area contributed by atoms with Crippen LogP contribution in [0.3, 0.4) is 0 Å². The largest absolute Gasteiger partial charge is 0.415 e. The van der Waals surface area contributed by atoms with E-state index >= 15 is 0 Å². The highest BCUT2D eigenvalue weighted by Gasteiger charge is 2.45. The number of aliphatic hydroxyl groups excluding tert-OH is 1. The third-order valence-corrected chi connectivity index (χ3v) is 6.48. The molecule has 4 nitrogen and oxygen atoms in total. The van der Waals surface area contributed by atoms with Crippen molar-refractivity contribution in [2.75, 3.05) is 0 Å². The van der Waals surface area contributed by atoms with Crippen LogP contribution in [0.4, 0.5) is 13.2 Å². The molecule has 0 amide bonds. The maximum Gasteiger partial charge on any atom is 0.415 e. The van der Waals surface area contributed by atoms with E-state index in [0.717, 1.165) is 5.56 Å². The van der Waals surface area contributed by atoms with Crippen LogP contribution in [0.2, 0.25) is 0 Å². The number of benzene rings is 2. The summed E-state index contributed by atoms with van der Waals surface area (Å²) in [5.74, 6) is -0.112. The van der Waals surface area contributed by atoms with Gasteiger partial charge in [-0.1, -0.05) is 70.2 Å². The molecule has 0 bridgehead atoms. The zero-order valence-corrected chi connectivity index (χ0v) is 18.3. The summed E-state index contributed by atoms with van der Waals surface area (Å²) in [6.07, 6.45) is -8.12. The maximum absolute atomic E-state index is 13.3. The van der Waals surface area contributed by atoms with Crippen LogP contribution >= 0.6 is 0 Å². The molecule has 30 heavy (non-hydrogen) atoms. The highest BCUT2D eigenvalue weighted by Crippen LogP contribution is 2.30. The fourth-order valence-corrected chi connectivity index (χ4v) is 4.84. The molecule has 8 heteroatoms. The first kappa shape index (κ1) is 24.4. The van der Waals surface area contributed by atoms with Gasteiger partial charge in [-0.05, 0) is 41.0 Å². The van der Waals surface area contributed by atoms with Gasteiger partial charge in [-0.3, -0.25) is 0 Å². The van der Waals surface area contributed by atoms with Crippen LogP contribution in [-0.4, -0.2) is 31.8 Å². The molecule has 0 spiro atoms. The van der Waals surface area contributed by atoms with Crippen molar-refractivity contribution in [3.63, 3.8) is 0 Å². The van der Waals surface area contributed by atoms with Crippen molar-refractivity contribution in [1.82, 2.24) is 4.72 Å². The summed E-state index contributed by atoms with van der Waals surface area (Å²) in [4.78, 5) is -0.0591. The first-order valence-corrected chi connectivity index (χ1v) is 11.3. The third kappa shape index (κ3) is 6.06. The highest BCUT2D eigenvalue weighted by molar-refractivity contribution is 7.89. The van der Waals surface area contributed by atoms with Crippen molar-refractivity contribution >= 4 is 10.0 Å². The fraction of sp³-hybridized carbons (Fsp3) is 0.455. The lowest BCUT2D eigenvalue weighted by atomic mass is 9.97. The maximum atomic E-state index is 13.3. The molecule has 0 aromatic heterocycles. The average molecular weight is 444 g/mol. The molecule has 0 saturated heterocycles. The van der Waals surface area contributed by atoms with Gasteiger partial charge in [0, 0.05) is 0 Å². The molecule has 2 rings (SSSR count). The Kier molecular flexibility index (Phi) is 7.71. The van der Waals surface area contributed by atoms with Crippen molar-refractivity contribution in [3.05, 3.63) is 65.2 Å². The van der Waals surface area contributed by atoms with Crippen LogP contribution in [0, 0.1) is 0 Å². The van der Waals surface area contributed by atoms with Crippen molar-refractivity contribution in [3.8, 4) is 0 Å². The number of sulfonamides is 1. The zero-order chi connectivity index (χ0) is 22.7. The fourth-order valence-electron chi connectivity index (χ4n) is 3.20. The van der Waals surface area contributed by atoms with Crippen LogP contribution < -0.4 is 4.72 Å². The van der Waals surface area contributed by atoms with Crippen LogP contribution in [0.15, 0.2) is 53.4 Å². The first-order chi connectivity index (χ1) is 13.8. The normalized spacial score (nSPS) is 14.9. The molecule has 0 heterocycles. The molecule has 2 aromatic rings. The smallest absolute Gasteiger partial charge is 0.382 e. The number of hydrogen-bond acceptors (Lipinski definition) is 3. The van der Waals surface area contributed by atoms with E-state index in [0.29, 0.717) is 11.1 Å². The van der Waals surface area contributed by atoms with Gasteiger partial charge in [0.25, 0.3) is 0 Å². The Hall–Kier alpha value is -1.90. The summed E-state index contributed by atoms with van der Waals surface area (Å²) in [5.41, 5.74) is 1.75. The van der Waals surface area contributed by atoms with Crippen molar-refractivity contribution in [2.24, 2.45) is 0 Å². The van der Waals surface area contributed by atoms with Gasteiger partial charge in [-0.25, -0.2) is 13.1 Å². The standard InChI is InChI=1S/C22H28F3NO3S/c1-14(2)17-10-11-18(15(3)4)20(13-17)30(28,29)26-19(21(27)22(23,24)25)12-16-8-6-5-7-9-16/h5-11,13-15,19,21,26-27H,12H2,1-4H3. The minimum Gasteiger partial charge on any atom is -0.382 e. The van der Waals surface area contributed by atoms with Gasteiger partial charge in [0.15, 0.2) is 6.10 Å². The Bertz CT molecular complexity index is 942. The van der Waals surface area contributed by atoms with Crippen LogP contribution in [0.5, 0.6) is 0 Å². The molecule has 2 unspecified atom stereocenters. The molecule has 0 aliphatic rings. The quantitative estimate of drug-likeness (QED) is 0.619. The number of nitrogens with one attached hydrogen (secondary N) is 1. The molecule has 0 saturated carbocycles. The molecule has 2 aromatic carbocycles. The minimum absolute atomic E-state index is 0.0426. The highest BCUT2D eigenvalue weighted by atomic mass is 32.2. The Labute approximate surface area is 176 Å². The molecular weight excluding hydrogens is 415 g/mol. The Balaban J connectivity index is 2.49. The molecule has 0 fully saturated rings. The first-order valence-electron chi connectivity index (χ1n) is 9.77. The molecule has 2 N–H and O–H groups in total. The topological polar surface area (TPSA) is 66.4 Å². The second-order valence-electron chi connectivity index (χ2n) is 8.01. The number of aliphatic hydroxyl groups is 1. The summed E-state index contributed by atoms with van der Waals surface area (Å²) in [6.45, 7) is 7.43. The molecule has 0 radical (unpaired) electrons. The number of alkyl halides is 3. The summed E-state index contributed by atoms with van der Waals surface area (Å²) in [5, 5.41) is 9.89. The van der Waals surface area contributed by atoms with E-state index in [9.17, 15) is 26.7 Å². The van der Waals surface area contributed by atoms with E-state index < -0.39 is 28.3 Å². The molecule has 0 aliphatic heterocycles. The summed E-state index contributed by atoms with van der Waals surface area (Å²) in [7, 11) is -4.33. The summed E-state index contributed by atoms with van der Waals surface area (Å²) < 4.78 is 68.3. The second-order valence-corrected chi connectivity index (χ2v) is 9.69. The van der Waals surface area contributed by atoms with Gasteiger partial charge in [-0.2, -0.15) is 13.2 Å². The van der Waals surface area contributed by atoms with Gasteiger partial charge in [0.1, 0.15) is 0 Å². The lowest BCUT2D eigenvalue weighted by Gasteiger charge is -2.27. The van der Waals surface area contributed by atoms with E-state index in [2.05, 4.69) is 4.72 Å². The van der Waals surface area contributed by atoms with E-state index in [1.54, 1.807) is 36.4 Å².